The molecule has 130 valence electrons. The summed E-state index contributed by atoms with van der Waals surface area (Å²) in [7, 11) is 3.77. The maximum atomic E-state index is 5.91. The van der Waals surface area contributed by atoms with Crippen molar-refractivity contribution < 1.29 is 4.74 Å². The molecule has 0 amide bonds. The van der Waals surface area contributed by atoms with E-state index in [4.69, 9.17) is 4.74 Å². The van der Waals surface area contributed by atoms with Crippen molar-refractivity contribution in [2.75, 3.05) is 33.3 Å². The summed E-state index contributed by atoms with van der Waals surface area (Å²) < 4.78 is 7.72. The Labute approximate surface area is 147 Å². The van der Waals surface area contributed by atoms with Gasteiger partial charge in [0.1, 0.15) is 6.10 Å². The molecule has 0 radical (unpaired) electrons. The molecule has 1 saturated heterocycles. The van der Waals surface area contributed by atoms with E-state index in [1.807, 2.05) is 31.2 Å². The highest BCUT2D eigenvalue weighted by Gasteiger charge is 2.25. The maximum absolute atomic E-state index is 5.91. The van der Waals surface area contributed by atoms with E-state index in [0.717, 1.165) is 31.2 Å². The van der Waals surface area contributed by atoms with Gasteiger partial charge >= 0.3 is 0 Å². The average Bonchev–Trinajstić information content (AvgIpc) is 3.27. The van der Waals surface area contributed by atoms with Gasteiger partial charge in [-0.05, 0) is 28.3 Å². The second-order valence-corrected chi connectivity index (χ2v) is 6.92. The second-order valence-electron chi connectivity index (χ2n) is 6.14. The Morgan fingerprint density at radius 2 is 2.46 bits per heavy atom. The predicted molar refractivity (Wildman–Crippen MR) is 97.6 cm³/mol. The molecule has 0 spiro atoms. The third-order valence-corrected chi connectivity index (χ3v) is 5.05. The Morgan fingerprint density at radius 3 is 3.12 bits per heavy atom. The van der Waals surface area contributed by atoms with Crippen molar-refractivity contribution >= 4 is 17.3 Å². The number of nitrogens with zero attached hydrogens (tertiary/aromatic N) is 4. The van der Waals surface area contributed by atoms with Crippen LogP contribution in [-0.4, -0.2) is 53.9 Å². The number of rotatable bonds is 4. The lowest BCUT2D eigenvalue weighted by Gasteiger charge is -2.35. The molecule has 7 heteroatoms. The number of ether oxygens (including phenoxy) is 1. The molecular weight excluding hydrogens is 322 g/mol. The molecule has 3 heterocycles. The highest BCUT2D eigenvalue weighted by molar-refractivity contribution is 7.07. The van der Waals surface area contributed by atoms with Gasteiger partial charge in [0.25, 0.3) is 0 Å². The number of morpholine rings is 1. The number of thiophene rings is 1. The molecule has 1 aliphatic rings. The van der Waals surface area contributed by atoms with Gasteiger partial charge in [-0.1, -0.05) is 6.92 Å². The van der Waals surface area contributed by atoms with Crippen molar-refractivity contribution in [1.82, 2.24) is 20.0 Å². The molecule has 3 rings (SSSR count). The van der Waals surface area contributed by atoms with Crippen molar-refractivity contribution in [3.63, 3.8) is 0 Å². The van der Waals surface area contributed by atoms with E-state index < -0.39 is 0 Å². The number of nitrogens with one attached hydrogen (secondary N) is 1. The fourth-order valence-electron chi connectivity index (χ4n) is 2.90. The molecule has 1 fully saturated rings. The van der Waals surface area contributed by atoms with Gasteiger partial charge in [-0.15, -0.1) is 0 Å². The van der Waals surface area contributed by atoms with Gasteiger partial charge in [-0.2, -0.15) is 16.4 Å². The third kappa shape index (κ3) is 3.96. The molecule has 1 aliphatic heterocycles. The fraction of sp³-hybridized carbons (Fsp3) is 0.529. The van der Waals surface area contributed by atoms with Crippen LogP contribution in [-0.2, 0) is 11.8 Å². The van der Waals surface area contributed by atoms with Crippen LogP contribution in [0.25, 0.3) is 0 Å². The first-order valence-corrected chi connectivity index (χ1v) is 9.19. The summed E-state index contributed by atoms with van der Waals surface area (Å²) in [5.74, 6) is 1.40. The summed E-state index contributed by atoms with van der Waals surface area (Å²) >= 11 is 1.74. The van der Waals surface area contributed by atoms with Crippen molar-refractivity contribution in [1.29, 1.82) is 0 Å². The summed E-state index contributed by atoms with van der Waals surface area (Å²) in [6, 6.07) is 2.19. The maximum Gasteiger partial charge on any atom is 0.193 e. The monoisotopic (exact) mass is 347 g/mol. The number of aryl methyl sites for hydroxylation is 1. The van der Waals surface area contributed by atoms with Gasteiger partial charge in [0.15, 0.2) is 5.96 Å². The van der Waals surface area contributed by atoms with Gasteiger partial charge in [-0.25, -0.2) is 0 Å². The topological polar surface area (TPSA) is 54.7 Å². The Morgan fingerprint density at radius 1 is 1.58 bits per heavy atom. The van der Waals surface area contributed by atoms with Crippen LogP contribution in [0, 0.1) is 0 Å². The van der Waals surface area contributed by atoms with Crippen LogP contribution < -0.4 is 5.32 Å². The van der Waals surface area contributed by atoms with E-state index in [1.54, 1.807) is 11.3 Å². The first-order chi connectivity index (χ1) is 11.7. The van der Waals surface area contributed by atoms with Crippen molar-refractivity contribution in [3.8, 4) is 0 Å². The number of hydrogen-bond donors (Lipinski definition) is 1. The van der Waals surface area contributed by atoms with Gasteiger partial charge in [0.2, 0.25) is 0 Å². The number of aliphatic imine (C=N–C) groups is 1. The van der Waals surface area contributed by atoms with Crippen molar-refractivity contribution in [2.24, 2.45) is 12.0 Å². The molecule has 6 nitrogen and oxygen atoms in total. The lowest BCUT2D eigenvalue weighted by molar-refractivity contribution is -0.00803. The lowest BCUT2D eigenvalue weighted by Crippen LogP contribution is -2.48. The first-order valence-electron chi connectivity index (χ1n) is 8.25. The van der Waals surface area contributed by atoms with Gasteiger partial charge < -0.3 is 15.0 Å². The summed E-state index contributed by atoms with van der Waals surface area (Å²) in [6.45, 7) is 5.44. The Kier molecular flexibility index (Phi) is 5.52. The number of hydrogen-bond acceptors (Lipinski definition) is 4. The highest BCUT2D eigenvalue weighted by atomic mass is 32.1. The van der Waals surface area contributed by atoms with Gasteiger partial charge in [0.05, 0.1) is 19.3 Å². The number of aromatic nitrogens is 2. The molecule has 0 aromatic carbocycles. The summed E-state index contributed by atoms with van der Waals surface area (Å²) in [5.41, 5.74) is 2.49. The van der Waals surface area contributed by atoms with Gasteiger partial charge in [0, 0.05) is 38.9 Å². The smallest absolute Gasteiger partial charge is 0.193 e. The summed E-state index contributed by atoms with van der Waals surface area (Å²) in [5, 5.41) is 12.1. The van der Waals surface area contributed by atoms with Crippen LogP contribution in [0.2, 0.25) is 0 Å². The molecule has 24 heavy (non-hydrogen) atoms. The van der Waals surface area contributed by atoms with Crippen LogP contribution >= 0.6 is 11.3 Å². The predicted octanol–water partition coefficient (Wildman–Crippen LogP) is 2.23. The van der Waals surface area contributed by atoms with E-state index in [2.05, 4.69) is 44.1 Å². The standard InChI is InChI=1S/C17H25N5OS/c1-13(14-4-7-24-12-14)8-19-17(18-2)22-5-6-23-16(11-22)15-9-20-21(3)10-15/h4,7,9-10,12-13,16H,5-6,8,11H2,1-3H3,(H,18,19). The van der Waals surface area contributed by atoms with Crippen LogP contribution in [0.5, 0.6) is 0 Å². The lowest BCUT2D eigenvalue weighted by atomic mass is 10.1. The fourth-order valence-corrected chi connectivity index (χ4v) is 3.68. The molecule has 1 N–H and O–H groups in total. The Hall–Kier alpha value is -1.86. The van der Waals surface area contributed by atoms with E-state index >= 15 is 0 Å². The van der Waals surface area contributed by atoms with Crippen LogP contribution in [0.4, 0.5) is 0 Å². The number of guanidine groups is 1. The zero-order chi connectivity index (χ0) is 16.9. The van der Waals surface area contributed by atoms with Crippen LogP contribution in [0.1, 0.15) is 30.1 Å². The van der Waals surface area contributed by atoms with Crippen LogP contribution in [0.3, 0.4) is 0 Å². The zero-order valence-corrected chi connectivity index (χ0v) is 15.3. The minimum absolute atomic E-state index is 0.0419. The second kappa shape index (κ2) is 7.81. The SMILES string of the molecule is CN=C(NCC(C)c1ccsc1)N1CCOC(c2cnn(C)c2)C1. The summed E-state index contributed by atoms with van der Waals surface area (Å²) in [6.07, 6.45) is 3.94. The zero-order valence-electron chi connectivity index (χ0n) is 14.5. The van der Waals surface area contributed by atoms with Crippen LogP contribution in [0.15, 0.2) is 34.2 Å². The normalized spacial score (nSPS) is 20.2. The molecule has 0 bridgehead atoms. The minimum Gasteiger partial charge on any atom is -0.370 e. The van der Waals surface area contributed by atoms with Crippen molar-refractivity contribution in [2.45, 2.75) is 18.9 Å². The third-order valence-electron chi connectivity index (χ3n) is 4.35. The molecule has 2 aromatic heterocycles. The van der Waals surface area contributed by atoms with E-state index in [-0.39, 0.29) is 6.10 Å². The molecular formula is C17H25N5OS. The van der Waals surface area contributed by atoms with E-state index in [0.29, 0.717) is 12.5 Å². The van der Waals surface area contributed by atoms with Crippen molar-refractivity contribution in [3.05, 3.63) is 40.3 Å². The average molecular weight is 347 g/mol. The Balaban J connectivity index is 1.58. The minimum atomic E-state index is 0.0419. The molecule has 2 atom stereocenters. The molecule has 0 saturated carbocycles. The Bertz CT molecular complexity index is 666. The first kappa shape index (κ1) is 17.0. The molecule has 2 unspecified atom stereocenters. The quantitative estimate of drug-likeness (QED) is 0.681. The van der Waals surface area contributed by atoms with Gasteiger partial charge in [-0.3, -0.25) is 9.67 Å². The highest BCUT2D eigenvalue weighted by Crippen LogP contribution is 2.22. The summed E-state index contributed by atoms with van der Waals surface area (Å²) in [4.78, 5) is 6.72. The van der Waals surface area contributed by atoms with E-state index in [9.17, 15) is 0 Å². The van der Waals surface area contributed by atoms with E-state index in [1.165, 1.54) is 5.56 Å². The largest absolute Gasteiger partial charge is 0.370 e. The molecule has 0 aliphatic carbocycles. The molecule has 2 aromatic rings.